The lowest BCUT2D eigenvalue weighted by Gasteiger charge is -2.25. The molecule has 1 aromatic rings. The van der Waals surface area contributed by atoms with Gasteiger partial charge in [-0.2, -0.15) is 0 Å². The van der Waals surface area contributed by atoms with E-state index < -0.39 is 5.97 Å². The highest BCUT2D eigenvalue weighted by Gasteiger charge is 2.21. The third-order valence-corrected chi connectivity index (χ3v) is 3.18. The van der Waals surface area contributed by atoms with Crippen LogP contribution >= 0.6 is 0 Å². The standard InChI is InChI=1S/C14H20N2O3/c1-4-9(3)13(17)16(5-2)12-7-6-10(14(18)19)8-11(12)15/h6-9H,4-5,15H2,1-3H3,(H,18,19). The van der Waals surface area contributed by atoms with E-state index in [4.69, 9.17) is 10.8 Å². The summed E-state index contributed by atoms with van der Waals surface area (Å²) >= 11 is 0. The zero-order valence-corrected chi connectivity index (χ0v) is 11.5. The SMILES string of the molecule is CCC(C)C(=O)N(CC)c1ccc(C(=O)O)cc1N. The van der Waals surface area contributed by atoms with Crippen LogP contribution in [0, 0.1) is 5.92 Å². The minimum atomic E-state index is -1.03. The van der Waals surface area contributed by atoms with Gasteiger partial charge in [-0.05, 0) is 31.5 Å². The Morgan fingerprint density at radius 1 is 1.37 bits per heavy atom. The summed E-state index contributed by atoms with van der Waals surface area (Å²) in [6, 6.07) is 4.42. The summed E-state index contributed by atoms with van der Waals surface area (Å²) in [5.41, 5.74) is 6.85. The second kappa shape index (κ2) is 6.22. The van der Waals surface area contributed by atoms with E-state index in [1.807, 2.05) is 20.8 Å². The zero-order chi connectivity index (χ0) is 14.6. The minimum absolute atomic E-state index is 0.000208. The molecule has 3 N–H and O–H groups in total. The molecule has 1 rings (SSSR count). The molecule has 0 saturated carbocycles. The monoisotopic (exact) mass is 264 g/mol. The Morgan fingerprint density at radius 2 is 2.00 bits per heavy atom. The molecule has 0 aliphatic rings. The van der Waals surface area contributed by atoms with Crippen LogP contribution in [0.25, 0.3) is 0 Å². The highest BCUT2D eigenvalue weighted by molar-refractivity contribution is 5.99. The molecule has 0 bridgehead atoms. The summed E-state index contributed by atoms with van der Waals surface area (Å²) in [5, 5.41) is 8.90. The number of carboxylic acid groups (broad SMARTS) is 1. The largest absolute Gasteiger partial charge is 0.478 e. The average Bonchev–Trinajstić information content (AvgIpc) is 2.39. The van der Waals surface area contributed by atoms with E-state index in [-0.39, 0.29) is 17.4 Å². The van der Waals surface area contributed by atoms with Gasteiger partial charge in [0.25, 0.3) is 0 Å². The van der Waals surface area contributed by atoms with Crippen molar-refractivity contribution < 1.29 is 14.7 Å². The third kappa shape index (κ3) is 3.24. The minimum Gasteiger partial charge on any atom is -0.478 e. The molecule has 1 amide bonds. The Kier molecular flexibility index (Phi) is 4.92. The summed E-state index contributed by atoms with van der Waals surface area (Å²) in [6.45, 7) is 6.19. The van der Waals surface area contributed by atoms with Crippen LogP contribution < -0.4 is 10.6 Å². The fourth-order valence-electron chi connectivity index (χ4n) is 1.82. The third-order valence-electron chi connectivity index (χ3n) is 3.18. The molecule has 1 aromatic carbocycles. The second-order valence-corrected chi connectivity index (χ2v) is 4.47. The summed E-state index contributed by atoms with van der Waals surface area (Å²) in [6.07, 6.45) is 0.752. The predicted molar refractivity (Wildman–Crippen MR) is 75.3 cm³/mol. The number of aromatic carboxylic acids is 1. The Bertz CT molecular complexity index is 486. The van der Waals surface area contributed by atoms with Gasteiger partial charge in [-0.15, -0.1) is 0 Å². The number of rotatable bonds is 5. The zero-order valence-electron chi connectivity index (χ0n) is 11.5. The lowest BCUT2D eigenvalue weighted by atomic mass is 10.1. The lowest BCUT2D eigenvalue weighted by molar-refractivity contribution is -0.121. The molecule has 0 aromatic heterocycles. The number of anilines is 2. The van der Waals surface area contributed by atoms with Gasteiger partial charge in [0, 0.05) is 12.5 Å². The van der Waals surface area contributed by atoms with Crippen LogP contribution in [0.5, 0.6) is 0 Å². The number of hydrogen-bond donors (Lipinski definition) is 2. The van der Waals surface area contributed by atoms with Gasteiger partial charge in [0.15, 0.2) is 0 Å². The van der Waals surface area contributed by atoms with Crippen LogP contribution in [0.2, 0.25) is 0 Å². The first kappa shape index (κ1) is 15.0. The molecule has 5 heteroatoms. The highest BCUT2D eigenvalue weighted by Crippen LogP contribution is 2.26. The molecular formula is C14H20N2O3. The van der Waals surface area contributed by atoms with E-state index in [1.54, 1.807) is 11.0 Å². The van der Waals surface area contributed by atoms with Gasteiger partial charge in [0.05, 0.1) is 16.9 Å². The normalized spacial score (nSPS) is 11.9. The molecule has 5 nitrogen and oxygen atoms in total. The van der Waals surface area contributed by atoms with Crippen molar-refractivity contribution in [2.45, 2.75) is 27.2 Å². The number of benzene rings is 1. The molecule has 104 valence electrons. The van der Waals surface area contributed by atoms with E-state index in [2.05, 4.69) is 0 Å². The number of hydrogen-bond acceptors (Lipinski definition) is 3. The number of amides is 1. The van der Waals surface area contributed by atoms with E-state index in [1.165, 1.54) is 12.1 Å². The van der Waals surface area contributed by atoms with Crippen molar-refractivity contribution in [2.75, 3.05) is 17.2 Å². The smallest absolute Gasteiger partial charge is 0.335 e. The van der Waals surface area contributed by atoms with Crippen LogP contribution in [-0.4, -0.2) is 23.5 Å². The Morgan fingerprint density at radius 3 is 2.42 bits per heavy atom. The molecule has 0 radical (unpaired) electrons. The number of carbonyl (C=O) groups is 2. The van der Waals surface area contributed by atoms with Crippen LogP contribution in [0.3, 0.4) is 0 Å². The molecular weight excluding hydrogens is 244 g/mol. The summed E-state index contributed by atoms with van der Waals surface area (Å²) in [4.78, 5) is 24.7. The maximum absolute atomic E-state index is 12.2. The second-order valence-electron chi connectivity index (χ2n) is 4.47. The Labute approximate surface area is 113 Å². The van der Waals surface area contributed by atoms with Crippen molar-refractivity contribution in [1.29, 1.82) is 0 Å². The van der Waals surface area contributed by atoms with Gasteiger partial charge in [-0.1, -0.05) is 13.8 Å². The van der Waals surface area contributed by atoms with Crippen molar-refractivity contribution in [3.05, 3.63) is 23.8 Å². The van der Waals surface area contributed by atoms with Gasteiger partial charge in [0.1, 0.15) is 0 Å². The van der Waals surface area contributed by atoms with Crippen molar-refractivity contribution in [3.63, 3.8) is 0 Å². The molecule has 0 heterocycles. The van der Waals surface area contributed by atoms with Crippen molar-refractivity contribution in [3.8, 4) is 0 Å². The van der Waals surface area contributed by atoms with E-state index in [9.17, 15) is 9.59 Å². The van der Waals surface area contributed by atoms with Crippen molar-refractivity contribution in [2.24, 2.45) is 5.92 Å². The number of nitrogens with zero attached hydrogens (tertiary/aromatic N) is 1. The Hall–Kier alpha value is -2.04. The fourth-order valence-corrected chi connectivity index (χ4v) is 1.82. The molecule has 1 atom stereocenters. The summed E-state index contributed by atoms with van der Waals surface area (Å²) in [5.74, 6) is -1.12. The van der Waals surface area contributed by atoms with Crippen molar-refractivity contribution in [1.82, 2.24) is 0 Å². The van der Waals surface area contributed by atoms with Crippen LogP contribution in [0.15, 0.2) is 18.2 Å². The van der Waals surface area contributed by atoms with E-state index in [0.29, 0.717) is 17.9 Å². The van der Waals surface area contributed by atoms with Crippen LogP contribution in [0.4, 0.5) is 11.4 Å². The highest BCUT2D eigenvalue weighted by atomic mass is 16.4. The van der Waals surface area contributed by atoms with Gasteiger partial charge >= 0.3 is 5.97 Å². The molecule has 0 fully saturated rings. The predicted octanol–water partition coefficient (Wildman–Crippen LogP) is 2.37. The van der Waals surface area contributed by atoms with Gasteiger partial charge in [0.2, 0.25) is 5.91 Å². The molecule has 0 aliphatic heterocycles. The maximum Gasteiger partial charge on any atom is 0.335 e. The topological polar surface area (TPSA) is 83.6 Å². The summed E-state index contributed by atoms with van der Waals surface area (Å²) < 4.78 is 0. The fraction of sp³-hybridized carbons (Fsp3) is 0.429. The van der Waals surface area contributed by atoms with Gasteiger partial charge in [-0.3, -0.25) is 4.79 Å². The first-order valence-electron chi connectivity index (χ1n) is 6.36. The number of carbonyl (C=O) groups excluding carboxylic acids is 1. The lowest BCUT2D eigenvalue weighted by Crippen LogP contribution is -2.35. The summed E-state index contributed by atoms with van der Waals surface area (Å²) in [7, 11) is 0. The maximum atomic E-state index is 12.2. The number of nitrogen functional groups attached to an aromatic ring is 1. The molecule has 0 saturated heterocycles. The quantitative estimate of drug-likeness (QED) is 0.800. The number of nitrogens with two attached hydrogens (primary N) is 1. The average molecular weight is 264 g/mol. The van der Waals surface area contributed by atoms with Gasteiger partial charge in [-0.25, -0.2) is 4.79 Å². The Balaban J connectivity index is 3.12. The van der Waals surface area contributed by atoms with E-state index in [0.717, 1.165) is 6.42 Å². The first-order chi connectivity index (χ1) is 8.92. The molecule has 0 spiro atoms. The number of carboxylic acids is 1. The van der Waals surface area contributed by atoms with Crippen LogP contribution in [0.1, 0.15) is 37.6 Å². The molecule has 0 aliphatic carbocycles. The van der Waals surface area contributed by atoms with E-state index >= 15 is 0 Å². The molecule has 1 unspecified atom stereocenters. The van der Waals surface area contributed by atoms with Crippen LogP contribution in [-0.2, 0) is 4.79 Å². The van der Waals surface area contributed by atoms with Crippen molar-refractivity contribution >= 4 is 23.3 Å². The molecule has 19 heavy (non-hydrogen) atoms. The van der Waals surface area contributed by atoms with Gasteiger partial charge < -0.3 is 15.7 Å². The first-order valence-corrected chi connectivity index (χ1v) is 6.36.